The predicted molar refractivity (Wildman–Crippen MR) is 77.2 cm³/mol. The van der Waals surface area contributed by atoms with Gasteiger partial charge in [-0.1, -0.05) is 11.8 Å². The number of hydrogen-bond acceptors (Lipinski definition) is 3. The molecule has 112 valence electrons. The summed E-state index contributed by atoms with van der Waals surface area (Å²) < 4.78 is 19.0. The van der Waals surface area contributed by atoms with Crippen LogP contribution in [0.3, 0.4) is 0 Å². The SMILES string of the molecule is O=C(CC1CCCCO1)Nc1ccc(F)c(C#CCO)c1. The second-order valence-electron chi connectivity index (χ2n) is 4.90. The van der Waals surface area contributed by atoms with Crippen LogP contribution in [-0.2, 0) is 9.53 Å². The highest BCUT2D eigenvalue weighted by Crippen LogP contribution is 2.18. The van der Waals surface area contributed by atoms with Gasteiger partial charge in [0.2, 0.25) is 5.91 Å². The average Bonchev–Trinajstić information content (AvgIpc) is 2.48. The Balaban J connectivity index is 1.96. The molecule has 0 bridgehead atoms. The van der Waals surface area contributed by atoms with Crippen molar-refractivity contribution in [1.29, 1.82) is 0 Å². The summed E-state index contributed by atoms with van der Waals surface area (Å²) >= 11 is 0. The molecule has 0 aromatic heterocycles. The number of aliphatic hydroxyl groups excluding tert-OH is 1. The van der Waals surface area contributed by atoms with Crippen LogP contribution in [0.5, 0.6) is 0 Å². The van der Waals surface area contributed by atoms with Gasteiger partial charge in [-0.2, -0.15) is 0 Å². The van der Waals surface area contributed by atoms with Crippen molar-refractivity contribution in [2.75, 3.05) is 18.5 Å². The number of nitrogens with one attached hydrogen (secondary N) is 1. The highest BCUT2D eigenvalue weighted by molar-refractivity contribution is 5.91. The van der Waals surface area contributed by atoms with Gasteiger partial charge < -0.3 is 15.2 Å². The molecule has 1 amide bonds. The molecule has 1 aromatic rings. The maximum absolute atomic E-state index is 13.5. The van der Waals surface area contributed by atoms with Gasteiger partial charge in [-0.15, -0.1) is 0 Å². The van der Waals surface area contributed by atoms with Crippen molar-refractivity contribution in [2.45, 2.75) is 31.8 Å². The molecule has 2 N–H and O–H groups in total. The van der Waals surface area contributed by atoms with Crippen molar-refractivity contribution in [3.8, 4) is 11.8 Å². The minimum Gasteiger partial charge on any atom is -0.384 e. The molecule has 1 fully saturated rings. The number of benzene rings is 1. The van der Waals surface area contributed by atoms with E-state index in [1.54, 1.807) is 0 Å². The van der Waals surface area contributed by atoms with Crippen molar-refractivity contribution in [2.24, 2.45) is 0 Å². The molecule has 1 aliphatic rings. The fourth-order valence-corrected chi connectivity index (χ4v) is 2.22. The molecule has 4 nitrogen and oxygen atoms in total. The first-order valence-electron chi connectivity index (χ1n) is 7.00. The van der Waals surface area contributed by atoms with Crippen molar-refractivity contribution < 1.29 is 19.0 Å². The van der Waals surface area contributed by atoms with E-state index >= 15 is 0 Å². The Labute approximate surface area is 123 Å². The van der Waals surface area contributed by atoms with Gasteiger partial charge in [0.05, 0.1) is 18.1 Å². The summed E-state index contributed by atoms with van der Waals surface area (Å²) in [5.41, 5.74) is 0.634. The van der Waals surface area contributed by atoms with Crippen molar-refractivity contribution >= 4 is 11.6 Å². The first-order chi connectivity index (χ1) is 10.2. The van der Waals surface area contributed by atoms with E-state index in [1.165, 1.54) is 18.2 Å². The molecule has 1 unspecified atom stereocenters. The Bertz CT molecular complexity index is 556. The summed E-state index contributed by atoms with van der Waals surface area (Å²) in [5, 5.41) is 11.4. The Morgan fingerprint density at radius 3 is 3.05 bits per heavy atom. The van der Waals surface area contributed by atoms with E-state index in [9.17, 15) is 9.18 Å². The van der Waals surface area contributed by atoms with Gasteiger partial charge in [0.25, 0.3) is 0 Å². The third-order valence-electron chi connectivity index (χ3n) is 3.24. The largest absolute Gasteiger partial charge is 0.384 e. The number of rotatable bonds is 3. The molecule has 1 aromatic carbocycles. The molecule has 1 heterocycles. The highest BCUT2D eigenvalue weighted by atomic mass is 19.1. The summed E-state index contributed by atoms with van der Waals surface area (Å²) in [7, 11) is 0. The lowest BCUT2D eigenvalue weighted by atomic mass is 10.1. The fraction of sp³-hybridized carbons (Fsp3) is 0.438. The lowest BCUT2D eigenvalue weighted by Crippen LogP contribution is -2.25. The maximum atomic E-state index is 13.5. The summed E-state index contributed by atoms with van der Waals surface area (Å²) in [6.45, 7) is 0.366. The van der Waals surface area contributed by atoms with Gasteiger partial charge in [0.15, 0.2) is 0 Å². The van der Waals surface area contributed by atoms with Crippen LogP contribution in [0.4, 0.5) is 10.1 Å². The minimum atomic E-state index is -0.482. The monoisotopic (exact) mass is 291 g/mol. The third kappa shape index (κ3) is 4.85. The molecule has 1 atom stereocenters. The molecular weight excluding hydrogens is 273 g/mol. The van der Waals surface area contributed by atoms with Gasteiger partial charge in [0.1, 0.15) is 12.4 Å². The number of amides is 1. The summed E-state index contributed by atoms with van der Waals surface area (Å²) in [6, 6.07) is 4.19. The van der Waals surface area contributed by atoms with Crippen molar-refractivity contribution in [3.63, 3.8) is 0 Å². The van der Waals surface area contributed by atoms with E-state index in [1.807, 2.05) is 0 Å². The second-order valence-corrected chi connectivity index (χ2v) is 4.90. The number of aliphatic hydroxyl groups is 1. The van der Waals surface area contributed by atoms with E-state index < -0.39 is 5.82 Å². The quantitative estimate of drug-likeness (QED) is 0.838. The van der Waals surface area contributed by atoms with Crippen LogP contribution in [-0.4, -0.2) is 30.3 Å². The predicted octanol–water partition coefficient (Wildman–Crippen LogP) is 2.07. The van der Waals surface area contributed by atoms with Crippen LogP contribution in [0, 0.1) is 17.7 Å². The molecular formula is C16H18FNO3. The first-order valence-corrected chi connectivity index (χ1v) is 7.00. The van der Waals surface area contributed by atoms with E-state index in [0.29, 0.717) is 18.7 Å². The number of hydrogen-bond donors (Lipinski definition) is 2. The van der Waals surface area contributed by atoms with E-state index in [-0.39, 0.29) is 24.2 Å². The Morgan fingerprint density at radius 1 is 1.48 bits per heavy atom. The topological polar surface area (TPSA) is 58.6 Å². The number of halogens is 1. The molecule has 1 saturated heterocycles. The van der Waals surface area contributed by atoms with Crippen LogP contribution in [0.1, 0.15) is 31.2 Å². The summed E-state index contributed by atoms with van der Waals surface area (Å²) in [4.78, 5) is 11.9. The number of anilines is 1. The average molecular weight is 291 g/mol. The van der Waals surface area contributed by atoms with Gasteiger partial charge in [-0.3, -0.25) is 4.79 Å². The van der Waals surface area contributed by atoms with Crippen molar-refractivity contribution in [3.05, 3.63) is 29.6 Å². The zero-order valence-electron chi connectivity index (χ0n) is 11.7. The molecule has 2 rings (SSSR count). The normalized spacial score (nSPS) is 17.7. The number of ether oxygens (including phenoxy) is 1. The Hall–Kier alpha value is -1.90. The van der Waals surface area contributed by atoms with Gasteiger partial charge in [0, 0.05) is 12.3 Å². The zero-order chi connectivity index (χ0) is 15.1. The lowest BCUT2D eigenvalue weighted by molar-refractivity contribution is -0.119. The van der Waals surface area contributed by atoms with Gasteiger partial charge >= 0.3 is 0 Å². The van der Waals surface area contributed by atoms with Crippen LogP contribution in [0.15, 0.2) is 18.2 Å². The lowest BCUT2D eigenvalue weighted by Gasteiger charge is -2.21. The fourth-order valence-electron chi connectivity index (χ4n) is 2.22. The summed E-state index contributed by atoms with van der Waals surface area (Å²) in [5.74, 6) is 4.25. The van der Waals surface area contributed by atoms with E-state index in [0.717, 1.165) is 19.3 Å². The number of carbonyl (C=O) groups is 1. The molecule has 21 heavy (non-hydrogen) atoms. The third-order valence-corrected chi connectivity index (χ3v) is 3.24. The van der Waals surface area contributed by atoms with Crippen LogP contribution >= 0.6 is 0 Å². The van der Waals surface area contributed by atoms with Crippen LogP contribution < -0.4 is 5.32 Å². The maximum Gasteiger partial charge on any atom is 0.226 e. The minimum absolute atomic E-state index is 0.0344. The Morgan fingerprint density at radius 2 is 2.33 bits per heavy atom. The first kappa shape index (κ1) is 15.5. The van der Waals surface area contributed by atoms with Crippen LogP contribution in [0.25, 0.3) is 0 Å². The Kier molecular flexibility index (Phi) is 5.73. The molecule has 0 saturated carbocycles. The second kappa shape index (κ2) is 7.77. The molecule has 0 radical (unpaired) electrons. The van der Waals surface area contributed by atoms with Crippen molar-refractivity contribution in [1.82, 2.24) is 0 Å². The summed E-state index contributed by atoms with van der Waals surface area (Å²) in [6.07, 6.45) is 3.28. The number of carbonyl (C=O) groups excluding carboxylic acids is 1. The molecule has 0 spiro atoms. The molecule has 1 aliphatic heterocycles. The smallest absolute Gasteiger partial charge is 0.226 e. The van der Waals surface area contributed by atoms with Crippen LogP contribution in [0.2, 0.25) is 0 Å². The van der Waals surface area contributed by atoms with Gasteiger partial charge in [-0.05, 0) is 37.5 Å². The van der Waals surface area contributed by atoms with E-state index in [4.69, 9.17) is 9.84 Å². The standard InChI is InChI=1S/C16H18FNO3/c17-15-7-6-13(10-12(15)4-3-8-19)18-16(20)11-14-5-1-2-9-21-14/h6-7,10,14,19H,1-2,5,8-9,11H2,(H,18,20). The van der Waals surface area contributed by atoms with Gasteiger partial charge in [-0.25, -0.2) is 4.39 Å². The zero-order valence-corrected chi connectivity index (χ0v) is 11.7. The molecule has 5 heteroatoms. The van der Waals surface area contributed by atoms with E-state index in [2.05, 4.69) is 17.2 Å². The molecule has 0 aliphatic carbocycles. The highest BCUT2D eigenvalue weighted by Gasteiger charge is 2.17.